The van der Waals surface area contributed by atoms with Crippen molar-refractivity contribution < 1.29 is 30.7 Å². The number of nitrogens with one attached hydrogen (secondary N) is 1. The van der Waals surface area contributed by atoms with E-state index in [4.69, 9.17) is 0 Å². The molecule has 10 nitrogen and oxygen atoms in total. The first-order valence-electron chi connectivity index (χ1n) is 14.1. The number of aliphatic hydroxyl groups excluding tert-OH is 1. The number of nitrogens with zero attached hydrogens (tertiary/aromatic N) is 4. The van der Waals surface area contributed by atoms with E-state index < -0.39 is 43.8 Å². The number of rotatable bonds is 10. The number of halogens is 2. The Morgan fingerprint density at radius 2 is 1.13 bits per heavy atom. The van der Waals surface area contributed by atoms with Gasteiger partial charge < -0.3 is 10.4 Å². The van der Waals surface area contributed by atoms with Gasteiger partial charge in [0.15, 0.2) is 0 Å². The molecule has 2 unspecified atom stereocenters. The Hall–Kier alpha value is -5.02. The number of hydrogen-bond donors (Lipinski definition) is 2. The first kappa shape index (κ1) is 31.9. The van der Waals surface area contributed by atoms with Gasteiger partial charge in [0.05, 0.1) is 23.5 Å². The summed E-state index contributed by atoms with van der Waals surface area (Å²) in [6.07, 6.45) is 6.09. The second kappa shape index (κ2) is 12.6. The van der Waals surface area contributed by atoms with Gasteiger partial charge in [-0.25, -0.2) is 33.6 Å². The van der Waals surface area contributed by atoms with E-state index in [-0.39, 0.29) is 43.4 Å². The Morgan fingerprint density at radius 3 is 1.55 bits per heavy atom. The number of aliphatic hydroxyl groups is 1. The fourth-order valence-corrected chi connectivity index (χ4v) is 8.00. The lowest BCUT2D eigenvalue weighted by atomic mass is 9.98. The Balaban J connectivity index is 1.50. The molecule has 47 heavy (non-hydrogen) atoms. The van der Waals surface area contributed by atoms with Gasteiger partial charge in [-0.1, -0.05) is 24.3 Å². The second-order valence-corrected chi connectivity index (χ2v) is 14.1. The highest BCUT2D eigenvalue weighted by Crippen LogP contribution is 2.38. The lowest BCUT2D eigenvalue weighted by Crippen LogP contribution is -2.23. The Morgan fingerprint density at radius 1 is 0.681 bits per heavy atom. The van der Waals surface area contributed by atoms with Gasteiger partial charge in [-0.15, -0.1) is 0 Å². The maximum atomic E-state index is 15.1. The second-order valence-electron chi connectivity index (χ2n) is 10.5. The predicted octanol–water partition coefficient (Wildman–Crippen LogP) is 5.16. The van der Waals surface area contributed by atoms with E-state index in [1.165, 1.54) is 111 Å². The van der Waals surface area contributed by atoms with Crippen molar-refractivity contribution in [3.8, 4) is 22.5 Å². The van der Waals surface area contributed by atoms with Crippen LogP contribution in [0.15, 0.2) is 132 Å². The molecule has 0 radical (unpaired) electrons. The highest BCUT2D eigenvalue weighted by molar-refractivity contribution is 7.90. The zero-order valence-electron chi connectivity index (χ0n) is 24.6. The molecule has 2 aromatic carbocycles. The number of benzene rings is 2. The maximum absolute atomic E-state index is 15.1. The summed E-state index contributed by atoms with van der Waals surface area (Å²) in [6.45, 7) is 0. The monoisotopic (exact) mass is 675 g/mol. The van der Waals surface area contributed by atoms with Crippen LogP contribution in [0.2, 0.25) is 0 Å². The van der Waals surface area contributed by atoms with E-state index in [2.05, 4.69) is 15.3 Å². The average Bonchev–Trinajstić information content (AvgIpc) is 3.73. The zero-order valence-corrected chi connectivity index (χ0v) is 26.3. The fourth-order valence-electron chi connectivity index (χ4n) is 5.31. The highest BCUT2D eigenvalue weighted by atomic mass is 32.2. The van der Waals surface area contributed by atoms with Gasteiger partial charge in [-0.2, -0.15) is 0 Å². The third kappa shape index (κ3) is 5.87. The fraction of sp³-hybridized carbons (Fsp3) is 0.0909. The van der Waals surface area contributed by atoms with Crippen LogP contribution in [0.25, 0.3) is 22.5 Å². The molecule has 240 valence electrons. The van der Waals surface area contributed by atoms with Crippen molar-refractivity contribution in [1.82, 2.24) is 23.2 Å². The minimum atomic E-state index is -4.31. The summed E-state index contributed by atoms with van der Waals surface area (Å²) in [5, 5.41) is 14.7. The van der Waals surface area contributed by atoms with Crippen LogP contribution in [0.1, 0.15) is 23.3 Å². The maximum Gasteiger partial charge on any atom is 0.269 e. The van der Waals surface area contributed by atoms with Gasteiger partial charge in [0.1, 0.15) is 21.4 Å². The summed E-state index contributed by atoms with van der Waals surface area (Å²) in [4.78, 5) is 7.49. The highest BCUT2D eigenvalue weighted by Gasteiger charge is 2.31. The molecule has 4 heterocycles. The molecular weight excluding hydrogens is 649 g/mol. The summed E-state index contributed by atoms with van der Waals surface area (Å²) in [5.41, 5.74) is 0.199. The molecular formula is C33H27F2N5O5S2. The summed E-state index contributed by atoms with van der Waals surface area (Å²) >= 11 is 0. The van der Waals surface area contributed by atoms with Gasteiger partial charge >= 0.3 is 0 Å². The van der Waals surface area contributed by atoms with Gasteiger partial charge in [-0.05, 0) is 73.3 Å². The third-order valence-electron chi connectivity index (χ3n) is 7.62. The van der Waals surface area contributed by atoms with Crippen LogP contribution >= 0.6 is 0 Å². The SMILES string of the molecule is CNC(c1cc(-c2ccccc2F)n(S(=O)(=O)c2cccnc2)c1)C(O)c1cc(-c2ccccc2F)n(S(=O)(=O)c2cccnc2)c1. The van der Waals surface area contributed by atoms with Crippen molar-refractivity contribution in [1.29, 1.82) is 0 Å². The van der Waals surface area contributed by atoms with Gasteiger partial charge in [-0.3, -0.25) is 9.97 Å². The van der Waals surface area contributed by atoms with E-state index in [1.54, 1.807) is 12.1 Å². The van der Waals surface area contributed by atoms with Crippen LogP contribution < -0.4 is 5.32 Å². The van der Waals surface area contributed by atoms with E-state index in [9.17, 15) is 21.9 Å². The number of aromatic nitrogens is 4. The van der Waals surface area contributed by atoms with Crippen LogP contribution in [0.4, 0.5) is 8.78 Å². The topological polar surface area (TPSA) is 136 Å². The zero-order chi connectivity index (χ0) is 33.3. The predicted molar refractivity (Wildman–Crippen MR) is 170 cm³/mol. The van der Waals surface area contributed by atoms with Crippen LogP contribution in [-0.2, 0) is 20.0 Å². The number of hydrogen-bond acceptors (Lipinski definition) is 8. The lowest BCUT2D eigenvalue weighted by Gasteiger charge is -2.21. The molecule has 14 heteroatoms. The first-order valence-corrected chi connectivity index (χ1v) is 17.0. The molecule has 0 saturated heterocycles. The molecule has 0 saturated carbocycles. The van der Waals surface area contributed by atoms with Crippen molar-refractivity contribution in [2.45, 2.75) is 21.9 Å². The van der Waals surface area contributed by atoms with Gasteiger partial charge in [0.25, 0.3) is 20.0 Å². The first-order chi connectivity index (χ1) is 22.5. The van der Waals surface area contributed by atoms with E-state index in [0.29, 0.717) is 0 Å². The number of pyridine rings is 2. The van der Waals surface area contributed by atoms with Crippen molar-refractivity contribution in [3.05, 3.63) is 145 Å². The summed E-state index contributed by atoms with van der Waals surface area (Å²) in [6, 6.07) is 18.6. The van der Waals surface area contributed by atoms with Crippen LogP contribution in [-0.4, -0.2) is 46.9 Å². The molecule has 2 atom stereocenters. The van der Waals surface area contributed by atoms with E-state index in [0.717, 1.165) is 14.1 Å². The minimum Gasteiger partial charge on any atom is -0.386 e. The largest absolute Gasteiger partial charge is 0.386 e. The average molecular weight is 676 g/mol. The Kier molecular flexibility index (Phi) is 8.59. The summed E-state index contributed by atoms with van der Waals surface area (Å²) in [5.74, 6) is -1.36. The Labute approximate surface area is 269 Å². The van der Waals surface area contributed by atoms with Crippen LogP contribution in [0.3, 0.4) is 0 Å². The minimum absolute atomic E-state index is 0.00823. The molecule has 0 aliphatic heterocycles. The molecule has 4 aromatic heterocycles. The summed E-state index contributed by atoms with van der Waals surface area (Å²) < 4.78 is 87.0. The Bertz CT molecular complexity index is 2280. The van der Waals surface area contributed by atoms with E-state index >= 15 is 8.78 Å². The smallest absolute Gasteiger partial charge is 0.269 e. The van der Waals surface area contributed by atoms with Gasteiger partial charge in [0.2, 0.25) is 0 Å². The molecule has 0 spiro atoms. The summed E-state index contributed by atoms with van der Waals surface area (Å²) in [7, 11) is -7.09. The van der Waals surface area contributed by atoms with Crippen molar-refractivity contribution in [2.75, 3.05) is 7.05 Å². The molecule has 0 bridgehead atoms. The van der Waals surface area contributed by atoms with Crippen molar-refractivity contribution in [2.24, 2.45) is 0 Å². The standard InChI is InChI=1S/C33H27F2N5O5S2/c1-36-32(22-16-30(26-10-2-4-12-28(26)34)39(20-22)46(42,43)24-8-6-14-37-18-24)33(41)23-17-31(27-11-3-5-13-29(27)35)40(21-23)47(44,45)25-9-7-15-38-19-25/h2-21,32-33,36,41H,1H3. The normalized spacial score (nSPS) is 13.4. The molecule has 0 aliphatic carbocycles. The molecule has 6 rings (SSSR count). The molecule has 6 aromatic rings. The number of likely N-dealkylation sites (N-methyl/N-ethyl adjacent to an activating group) is 1. The van der Waals surface area contributed by atoms with Gasteiger partial charge in [0, 0.05) is 53.9 Å². The lowest BCUT2D eigenvalue weighted by molar-refractivity contribution is 0.133. The quantitative estimate of drug-likeness (QED) is 0.203. The van der Waals surface area contributed by atoms with Crippen LogP contribution in [0, 0.1) is 11.6 Å². The molecule has 0 amide bonds. The van der Waals surface area contributed by atoms with Crippen molar-refractivity contribution in [3.63, 3.8) is 0 Å². The third-order valence-corrected chi connectivity index (χ3v) is 10.9. The molecule has 0 fully saturated rings. The van der Waals surface area contributed by atoms with Crippen molar-refractivity contribution >= 4 is 20.0 Å². The molecule has 0 aliphatic rings. The van der Waals surface area contributed by atoms with E-state index in [1.807, 2.05) is 0 Å². The molecule has 2 N–H and O–H groups in total. The van der Waals surface area contributed by atoms with Crippen LogP contribution in [0.5, 0.6) is 0 Å².